The van der Waals surface area contributed by atoms with Crippen molar-refractivity contribution in [2.75, 3.05) is 26.7 Å². The number of rotatable bonds is 5. The van der Waals surface area contributed by atoms with E-state index in [4.69, 9.17) is 16.3 Å². The number of halogens is 2. The summed E-state index contributed by atoms with van der Waals surface area (Å²) < 4.78 is 18.2. The van der Waals surface area contributed by atoms with Gasteiger partial charge in [0.2, 0.25) is 5.91 Å². The van der Waals surface area contributed by atoms with Gasteiger partial charge in [-0.15, -0.1) is 0 Å². The Bertz CT molecular complexity index is 854. The second kappa shape index (κ2) is 9.22. The van der Waals surface area contributed by atoms with Crippen molar-refractivity contribution in [1.29, 1.82) is 0 Å². The number of carbonyl (C=O) groups is 1. The largest absolute Gasteiger partial charge is 0.495 e. The summed E-state index contributed by atoms with van der Waals surface area (Å²) in [5, 5.41) is 0.483. The van der Waals surface area contributed by atoms with Crippen LogP contribution in [0.25, 0.3) is 6.08 Å². The molecule has 3 rings (SSSR count). The number of ether oxygens (including phenoxy) is 1. The van der Waals surface area contributed by atoms with Crippen molar-refractivity contribution in [1.82, 2.24) is 9.80 Å². The lowest BCUT2D eigenvalue weighted by molar-refractivity contribution is -0.130. The number of methoxy groups -OCH3 is 1. The smallest absolute Gasteiger partial charge is 0.246 e. The number of hydrogen-bond donors (Lipinski definition) is 0. The molecular formula is C22H23ClFN2O2. The Morgan fingerprint density at radius 3 is 2.79 bits per heavy atom. The summed E-state index contributed by atoms with van der Waals surface area (Å²) in [6.07, 6.45) is 3.28. The molecule has 0 aliphatic carbocycles. The minimum Gasteiger partial charge on any atom is -0.495 e. The molecule has 0 aromatic heterocycles. The summed E-state index contributed by atoms with van der Waals surface area (Å²) in [4.78, 5) is 16.8. The van der Waals surface area contributed by atoms with Crippen molar-refractivity contribution in [3.05, 3.63) is 70.5 Å². The average Bonchev–Trinajstić information content (AvgIpc) is 2.69. The van der Waals surface area contributed by atoms with Crippen molar-refractivity contribution in [2.24, 2.45) is 0 Å². The molecule has 1 aliphatic rings. The number of amides is 1. The van der Waals surface area contributed by atoms with Gasteiger partial charge in [-0.25, -0.2) is 4.39 Å². The van der Waals surface area contributed by atoms with Gasteiger partial charge in [0.1, 0.15) is 11.6 Å². The second-order valence-corrected chi connectivity index (χ2v) is 7.29. The van der Waals surface area contributed by atoms with Gasteiger partial charge >= 0.3 is 0 Å². The normalized spacial score (nSPS) is 17.9. The molecule has 0 unspecified atom stereocenters. The summed E-state index contributed by atoms with van der Waals surface area (Å²) in [5.74, 6) is 0.293. The molecule has 2 aromatic rings. The van der Waals surface area contributed by atoms with E-state index in [1.807, 2.05) is 11.8 Å². The fraction of sp³-hybridized carbons (Fsp3) is 0.318. The fourth-order valence-corrected chi connectivity index (χ4v) is 3.52. The molecule has 1 heterocycles. The number of carbonyl (C=O) groups excluding carboxylic acids is 1. The van der Waals surface area contributed by atoms with E-state index in [0.717, 1.165) is 30.8 Å². The van der Waals surface area contributed by atoms with E-state index in [0.29, 0.717) is 17.3 Å². The zero-order chi connectivity index (χ0) is 20.1. The van der Waals surface area contributed by atoms with Crippen LogP contribution in [-0.4, -0.2) is 48.5 Å². The molecule has 1 fully saturated rings. The van der Waals surface area contributed by atoms with Crippen molar-refractivity contribution in [3.63, 3.8) is 0 Å². The number of piperazine rings is 1. The zero-order valence-electron chi connectivity index (χ0n) is 16.0. The van der Waals surface area contributed by atoms with E-state index < -0.39 is 0 Å². The molecule has 147 valence electrons. The van der Waals surface area contributed by atoms with Gasteiger partial charge in [-0.05, 0) is 54.5 Å². The number of benzene rings is 2. The van der Waals surface area contributed by atoms with Crippen molar-refractivity contribution < 1.29 is 13.9 Å². The summed E-state index contributed by atoms with van der Waals surface area (Å²) >= 11 is 6.00. The molecule has 0 saturated carbocycles. The van der Waals surface area contributed by atoms with Crippen LogP contribution in [0, 0.1) is 11.9 Å². The van der Waals surface area contributed by atoms with E-state index >= 15 is 0 Å². The van der Waals surface area contributed by atoms with E-state index in [9.17, 15) is 9.18 Å². The molecule has 0 bridgehead atoms. The van der Waals surface area contributed by atoms with Crippen molar-refractivity contribution in [3.8, 4) is 5.75 Å². The highest BCUT2D eigenvalue weighted by Crippen LogP contribution is 2.25. The summed E-state index contributed by atoms with van der Waals surface area (Å²) in [5.41, 5.74) is 1.80. The molecule has 28 heavy (non-hydrogen) atoms. The van der Waals surface area contributed by atoms with E-state index in [2.05, 4.69) is 11.0 Å². The van der Waals surface area contributed by atoms with Crippen LogP contribution in [0.4, 0.5) is 4.39 Å². The van der Waals surface area contributed by atoms with Crippen LogP contribution in [0.2, 0.25) is 5.02 Å². The lowest BCUT2D eigenvalue weighted by Gasteiger charge is -2.39. The zero-order valence-corrected chi connectivity index (χ0v) is 16.7. The Balaban J connectivity index is 1.57. The van der Waals surface area contributed by atoms with Crippen LogP contribution < -0.4 is 4.74 Å². The molecule has 1 saturated heterocycles. The van der Waals surface area contributed by atoms with Gasteiger partial charge in [-0.2, -0.15) is 0 Å². The quantitative estimate of drug-likeness (QED) is 0.709. The van der Waals surface area contributed by atoms with Crippen LogP contribution in [0.3, 0.4) is 0 Å². The second-order valence-electron chi connectivity index (χ2n) is 6.88. The third kappa shape index (κ3) is 5.12. The molecule has 1 radical (unpaired) electrons. The minimum absolute atomic E-state index is 0.0313. The third-order valence-electron chi connectivity index (χ3n) is 4.83. The lowest BCUT2D eigenvalue weighted by atomic mass is 10.1. The van der Waals surface area contributed by atoms with Crippen LogP contribution in [0.5, 0.6) is 5.75 Å². The van der Waals surface area contributed by atoms with Gasteiger partial charge in [0, 0.05) is 38.3 Å². The predicted molar refractivity (Wildman–Crippen MR) is 109 cm³/mol. The van der Waals surface area contributed by atoms with Gasteiger partial charge in [0.05, 0.1) is 12.1 Å². The maximum absolute atomic E-state index is 13.0. The minimum atomic E-state index is -0.227. The lowest BCUT2D eigenvalue weighted by Crippen LogP contribution is -2.53. The molecule has 1 atom stereocenters. The molecule has 0 N–H and O–H groups in total. The van der Waals surface area contributed by atoms with Gasteiger partial charge in [-0.1, -0.05) is 23.7 Å². The SMILES string of the molecule is COc1cc(/C=C/C(=O)N2CCN(Cc3ccc(F)cc3)C[C@H]2C)[c]cc1Cl. The fourth-order valence-electron chi connectivity index (χ4n) is 3.33. The Morgan fingerprint density at radius 1 is 1.36 bits per heavy atom. The Kier molecular flexibility index (Phi) is 6.70. The standard InChI is InChI=1S/C22H23ClFN2O2/c1-16-14-25(15-18-3-7-19(24)8-4-18)11-12-26(16)22(27)10-6-17-5-9-20(23)21(13-17)28-2/h3-4,6-10,13,16H,11-12,14-15H2,1-2H3/b10-6+/t16-/m1/s1. The van der Waals surface area contributed by atoms with E-state index in [1.54, 1.807) is 43.5 Å². The summed E-state index contributed by atoms with van der Waals surface area (Å²) in [6.45, 7) is 5.00. The Hall–Kier alpha value is -2.37. The Morgan fingerprint density at radius 2 is 2.11 bits per heavy atom. The molecular weight excluding hydrogens is 379 g/mol. The predicted octanol–water partition coefficient (Wildman–Crippen LogP) is 4.03. The molecule has 4 nitrogen and oxygen atoms in total. The van der Waals surface area contributed by atoms with Crippen molar-refractivity contribution in [2.45, 2.75) is 19.5 Å². The van der Waals surface area contributed by atoms with Gasteiger partial charge in [0.25, 0.3) is 0 Å². The highest BCUT2D eigenvalue weighted by molar-refractivity contribution is 6.32. The average molecular weight is 402 g/mol. The van der Waals surface area contributed by atoms with Gasteiger partial charge in [0.15, 0.2) is 0 Å². The first-order valence-corrected chi connectivity index (χ1v) is 9.55. The summed E-state index contributed by atoms with van der Waals surface area (Å²) in [6, 6.07) is 13.0. The number of hydrogen-bond acceptors (Lipinski definition) is 3. The van der Waals surface area contributed by atoms with Crippen molar-refractivity contribution >= 4 is 23.6 Å². The maximum Gasteiger partial charge on any atom is 0.246 e. The first kappa shape index (κ1) is 20.4. The number of nitrogens with zero attached hydrogens (tertiary/aromatic N) is 2. The molecule has 0 spiro atoms. The molecule has 1 aliphatic heterocycles. The topological polar surface area (TPSA) is 32.8 Å². The van der Waals surface area contributed by atoms with Crippen LogP contribution in [0.1, 0.15) is 18.1 Å². The first-order valence-electron chi connectivity index (χ1n) is 9.17. The Labute approximate surface area is 170 Å². The highest BCUT2D eigenvalue weighted by Gasteiger charge is 2.26. The third-order valence-corrected chi connectivity index (χ3v) is 5.12. The monoisotopic (exact) mass is 401 g/mol. The highest BCUT2D eigenvalue weighted by atomic mass is 35.5. The maximum atomic E-state index is 13.0. The molecule has 2 aromatic carbocycles. The van der Waals surface area contributed by atoms with Crippen LogP contribution >= 0.6 is 11.6 Å². The van der Waals surface area contributed by atoms with Gasteiger partial charge in [-0.3, -0.25) is 9.69 Å². The first-order chi connectivity index (χ1) is 13.5. The van der Waals surface area contributed by atoms with E-state index in [-0.39, 0.29) is 17.8 Å². The van der Waals surface area contributed by atoms with Crippen LogP contribution in [0.15, 0.2) is 42.5 Å². The summed E-state index contributed by atoms with van der Waals surface area (Å²) in [7, 11) is 1.55. The molecule has 1 amide bonds. The van der Waals surface area contributed by atoms with Crippen LogP contribution in [-0.2, 0) is 11.3 Å². The van der Waals surface area contributed by atoms with Gasteiger partial charge < -0.3 is 9.64 Å². The van der Waals surface area contributed by atoms with E-state index in [1.165, 1.54) is 12.1 Å². The molecule has 6 heteroatoms.